The summed E-state index contributed by atoms with van der Waals surface area (Å²) >= 11 is 0. The number of carbonyl (C=O) groups is 1. The lowest BCUT2D eigenvalue weighted by Gasteiger charge is -2.10. The number of aromatic nitrogens is 3. The van der Waals surface area contributed by atoms with E-state index in [1.807, 2.05) is 34.7 Å². The molecule has 1 N–H and O–H groups in total. The fourth-order valence-electron chi connectivity index (χ4n) is 2.00. The Kier molecular flexibility index (Phi) is 3.97. The predicted molar refractivity (Wildman–Crippen MR) is 78.0 cm³/mol. The topological polar surface area (TPSA) is 77.2 Å². The van der Waals surface area contributed by atoms with Gasteiger partial charge in [-0.3, -0.25) is 4.68 Å². The smallest absolute Gasteiger partial charge is 0.335 e. The largest absolute Gasteiger partial charge is 0.478 e. The van der Waals surface area contributed by atoms with Crippen molar-refractivity contribution in [1.29, 1.82) is 0 Å². The third-order valence-electron chi connectivity index (χ3n) is 3.31. The SMILES string of the molecule is Cc1nn(C)c(C)c1Oc1cc(C(=O)O)cc(C(C)C)n1. The van der Waals surface area contributed by atoms with Gasteiger partial charge in [0.2, 0.25) is 5.88 Å². The number of hydrogen-bond acceptors (Lipinski definition) is 4. The molecule has 6 heteroatoms. The van der Waals surface area contributed by atoms with Gasteiger partial charge >= 0.3 is 5.97 Å². The summed E-state index contributed by atoms with van der Waals surface area (Å²) < 4.78 is 7.50. The van der Waals surface area contributed by atoms with Crippen LogP contribution in [0.1, 0.15) is 47.2 Å². The third-order valence-corrected chi connectivity index (χ3v) is 3.31. The Labute approximate surface area is 123 Å². The highest BCUT2D eigenvalue weighted by Crippen LogP contribution is 2.28. The molecule has 0 atom stereocenters. The van der Waals surface area contributed by atoms with Crippen LogP contribution in [0, 0.1) is 13.8 Å². The molecule has 0 saturated heterocycles. The molecular formula is C15H19N3O3. The van der Waals surface area contributed by atoms with E-state index in [2.05, 4.69) is 10.1 Å². The monoisotopic (exact) mass is 289 g/mol. The number of nitrogens with zero attached hydrogens (tertiary/aromatic N) is 3. The van der Waals surface area contributed by atoms with Crippen LogP contribution in [-0.2, 0) is 7.05 Å². The molecular weight excluding hydrogens is 270 g/mol. The quantitative estimate of drug-likeness (QED) is 0.936. The van der Waals surface area contributed by atoms with Crippen molar-refractivity contribution in [3.05, 3.63) is 34.8 Å². The van der Waals surface area contributed by atoms with Gasteiger partial charge in [-0.2, -0.15) is 5.10 Å². The van der Waals surface area contributed by atoms with Gasteiger partial charge < -0.3 is 9.84 Å². The van der Waals surface area contributed by atoms with Crippen molar-refractivity contribution in [2.75, 3.05) is 0 Å². The van der Waals surface area contributed by atoms with Gasteiger partial charge in [-0.25, -0.2) is 9.78 Å². The van der Waals surface area contributed by atoms with Crippen molar-refractivity contribution < 1.29 is 14.6 Å². The Morgan fingerprint density at radius 2 is 2.00 bits per heavy atom. The average Bonchev–Trinajstić information content (AvgIpc) is 2.65. The first-order valence-corrected chi connectivity index (χ1v) is 6.73. The van der Waals surface area contributed by atoms with Crippen LogP contribution < -0.4 is 4.74 Å². The zero-order valence-electron chi connectivity index (χ0n) is 12.8. The fourth-order valence-corrected chi connectivity index (χ4v) is 2.00. The lowest BCUT2D eigenvalue weighted by atomic mass is 10.1. The minimum atomic E-state index is -0.996. The molecule has 0 aliphatic rings. The average molecular weight is 289 g/mol. The van der Waals surface area contributed by atoms with Gasteiger partial charge in [0.05, 0.1) is 11.3 Å². The van der Waals surface area contributed by atoms with Gasteiger partial charge in [0.15, 0.2) is 5.75 Å². The number of ether oxygens (including phenoxy) is 1. The van der Waals surface area contributed by atoms with Crippen molar-refractivity contribution in [3.8, 4) is 11.6 Å². The molecule has 2 heterocycles. The molecule has 0 aromatic carbocycles. The first kappa shape index (κ1) is 15.0. The van der Waals surface area contributed by atoms with Crippen LogP contribution in [0.25, 0.3) is 0 Å². The Morgan fingerprint density at radius 3 is 2.48 bits per heavy atom. The second-order valence-electron chi connectivity index (χ2n) is 5.30. The summed E-state index contributed by atoms with van der Waals surface area (Å²) in [5.41, 5.74) is 2.46. The molecule has 0 spiro atoms. The summed E-state index contributed by atoms with van der Waals surface area (Å²) in [4.78, 5) is 15.6. The van der Waals surface area contributed by atoms with Crippen molar-refractivity contribution >= 4 is 5.97 Å². The van der Waals surface area contributed by atoms with E-state index in [4.69, 9.17) is 4.74 Å². The van der Waals surface area contributed by atoms with Crippen LogP contribution in [0.15, 0.2) is 12.1 Å². The minimum absolute atomic E-state index is 0.114. The number of aryl methyl sites for hydroxylation is 2. The van der Waals surface area contributed by atoms with E-state index in [1.165, 1.54) is 6.07 Å². The molecule has 0 unspecified atom stereocenters. The molecule has 2 rings (SSSR count). The number of hydrogen-bond donors (Lipinski definition) is 1. The number of carboxylic acids is 1. The van der Waals surface area contributed by atoms with Gasteiger partial charge in [-0.05, 0) is 25.8 Å². The van der Waals surface area contributed by atoms with Gasteiger partial charge in [0.1, 0.15) is 5.69 Å². The van der Waals surface area contributed by atoms with Gasteiger partial charge in [0.25, 0.3) is 0 Å². The van der Waals surface area contributed by atoms with Crippen molar-refractivity contribution in [3.63, 3.8) is 0 Å². The molecule has 0 aliphatic carbocycles. The molecule has 2 aromatic heterocycles. The molecule has 0 amide bonds. The van der Waals surface area contributed by atoms with E-state index in [0.717, 1.165) is 11.4 Å². The Balaban J connectivity index is 2.46. The normalized spacial score (nSPS) is 11.0. The lowest BCUT2D eigenvalue weighted by Crippen LogP contribution is -2.03. The Bertz CT molecular complexity index is 690. The second kappa shape index (κ2) is 5.55. The zero-order valence-corrected chi connectivity index (χ0v) is 12.8. The predicted octanol–water partition coefficient (Wildman–Crippen LogP) is 3.05. The summed E-state index contributed by atoms with van der Waals surface area (Å²) in [7, 11) is 1.83. The third kappa shape index (κ3) is 3.04. The molecule has 2 aromatic rings. The van der Waals surface area contributed by atoms with Crippen molar-refractivity contribution in [2.45, 2.75) is 33.6 Å². The number of carboxylic acid groups (broad SMARTS) is 1. The second-order valence-corrected chi connectivity index (χ2v) is 5.30. The first-order valence-electron chi connectivity index (χ1n) is 6.73. The summed E-state index contributed by atoms with van der Waals surface area (Å²) in [6.45, 7) is 7.64. The highest BCUT2D eigenvalue weighted by molar-refractivity contribution is 5.88. The molecule has 0 fully saturated rings. The molecule has 112 valence electrons. The molecule has 0 bridgehead atoms. The Morgan fingerprint density at radius 1 is 1.33 bits per heavy atom. The van der Waals surface area contributed by atoms with Crippen LogP contribution in [0.5, 0.6) is 11.6 Å². The van der Waals surface area contributed by atoms with E-state index in [1.54, 1.807) is 10.7 Å². The zero-order chi connectivity index (χ0) is 15.7. The summed E-state index contributed by atoms with van der Waals surface area (Å²) in [6.07, 6.45) is 0. The van der Waals surface area contributed by atoms with Crippen molar-refractivity contribution in [2.24, 2.45) is 7.05 Å². The van der Waals surface area contributed by atoms with Crippen LogP contribution in [0.3, 0.4) is 0 Å². The summed E-state index contributed by atoms with van der Waals surface area (Å²) in [5, 5.41) is 13.5. The molecule has 21 heavy (non-hydrogen) atoms. The molecule has 0 saturated carbocycles. The number of pyridine rings is 1. The maximum atomic E-state index is 11.2. The highest BCUT2D eigenvalue weighted by atomic mass is 16.5. The highest BCUT2D eigenvalue weighted by Gasteiger charge is 2.16. The maximum absolute atomic E-state index is 11.2. The standard InChI is InChI=1S/C15H19N3O3/c1-8(2)12-6-11(15(19)20)7-13(16-12)21-14-9(3)17-18(5)10(14)4/h6-8H,1-5H3,(H,19,20). The van der Waals surface area contributed by atoms with Crippen LogP contribution >= 0.6 is 0 Å². The van der Waals surface area contributed by atoms with Gasteiger partial charge in [-0.15, -0.1) is 0 Å². The van der Waals surface area contributed by atoms with E-state index in [-0.39, 0.29) is 17.4 Å². The van der Waals surface area contributed by atoms with Crippen LogP contribution in [-0.4, -0.2) is 25.8 Å². The van der Waals surface area contributed by atoms with E-state index >= 15 is 0 Å². The van der Waals surface area contributed by atoms with E-state index < -0.39 is 5.97 Å². The van der Waals surface area contributed by atoms with E-state index in [9.17, 15) is 9.90 Å². The minimum Gasteiger partial charge on any atom is -0.478 e. The molecule has 0 radical (unpaired) electrons. The first-order chi connectivity index (χ1) is 9.79. The Hall–Kier alpha value is -2.37. The summed E-state index contributed by atoms with van der Waals surface area (Å²) in [6, 6.07) is 3.00. The van der Waals surface area contributed by atoms with Crippen molar-refractivity contribution in [1.82, 2.24) is 14.8 Å². The summed E-state index contributed by atoms with van der Waals surface area (Å²) in [5.74, 6) is 0.00608. The molecule has 6 nitrogen and oxygen atoms in total. The van der Waals surface area contributed by atoms with Crippen LogP contribution in [0.4, 0.5) is 0 Å². The van der Waals surface area contributed by atoms with E-state index in [0.29, 0.717) is 11.4 Å². The van der Waals surface area contributed by atoms with Crippen LogP contribution in [0.2, 0.25) is 0 Å². The molecule has 0 aliphatic heterocycles. The number of rotatable bonds is 4. The maximum Gasteiger partial charge on any atom is 0.335 e. The lowest BCUT2D eigenvalue weighted by molar-refractivity contribution is 0.0696. The van der Waals surface area contributed by atoms with Gasteiger partial charge in [-0.1, -0.05) is 13.8 Å². The fraction of sp³-hybridized carbons (Fsp3) is 0.400. The number of aromatic carboxylic acids is 1. The van der Waals surface area contributed by atoms with Gasteiger partial charge in [0, 0.05) is 18.8 Å².